The molecule has 1 heterocycles. The molecule has 0 unspecified atom stereocenters. The second kappa shape index (κ2) is 6.55. The number of halogens is 4. The average Bonchev–Trinajstić information content (AvgIpc) is 2.39. The lowest BCUT2D eigenvalue weighted by Gasteiger charge is -2.35. The van der Waals surface area contributed by atoms with Crippen molar-refractivity contribution in [2.45, 2.75) is 25.9 Å². The van der Waals surface area contributed by atoms with Gasteiger partial charge in [0.2, 0.25) is 0 Å². The van der Waals surface area contributed by atoms with Gasteiger partial charge in [0.1, 0.15) is 17.6 Å². The van der Waals surface area contributed by atoms with E-state index in [1.165, 1.54) is 17.9 Å². The Bertz CT molecular complexity index is 459. The highest BCUT2D eigenvalue weighted by Crippen LogP contribution is 2.35. The zero-order valence-electron chi connectivity index (χ0n) is 11.0. The largest absolute Gasteiger partial charge is 0.391 e. The molecule has 0 saturated carbocycles. The lowest BCUT2D eigenvalue weighted by molar-refractivity contribution is -0.184. The van der Waals surface area contributed by atoms with Crippen molar-refractivity contribution in [3.05, 3.63) is 23.3 Å². The Morgan fingerprint density at radius 1 is 1.40 bits per heavy atom. The second-order valence-electron chi connectivity index (χ2n) is 4.52. The van der Waals surface area contributed by atoms with E-state index in [2.05, 4.69) is 11.7 Å². The molecule has 0 aliphatic carbocycles. The summed E-state index contributed by atoms with van der Waals surface area (Å²) in [6.07, 6.45) is -3.18. The highest BCUT2D eigenvalue weighted by Gasteiger charge is 2.41. The molecule has 0 aromatic carbocycles. The van der Waals surface area contributed by atoms with Crippen molar-refractivity contribution in [1.82, 2.24) is 4.90 Å². The van der Waals surface area contributed by atoms with Gasteiger partial charge in [-0.15, -0.1) is 0 Å². The summed E-state index contributed by atoms with van der Waals surface area (Å²) in [5.74, 6) is -1.91. The molecule has 1 saturated heterocycles. The molecule has 110 valence electrons. The molecule has 0 spiro atoms. The summed E-state index contributed by atoms with van der Waals surface area (Å²) in [6.45, 7) is 4.56. The Morgan fingerprint density at radius 3 is 2.30 bits per heavy atom. The zero-order chi connectivity index (χ0) is 15.3. The fourth-order valence-electron chi connectivity index (χ4n) is 2.10. The number of piperidine rings is 1. The monoisotopic (exact) mass is 289 g/mol. The summed E-state index contributed by atoms with van der Waals surface area (Å²) in [6, 6.07) is 1.73. The molecule has 1 aliphatic rings. The molecule has 0 amide bonds. The van der Waals surface area contributed by atoms with Crippen molar-refractivity contribution in [2.75, 3.05) is 13.1 Å². The van der Waals surface area contributed by atoms with E-state index in [4.69, 9.17) is 5.26 Å². The van der Waals surface area contributed by atoms with Crippen molar-refractivity contribution in [2.24, 2.45) is 10.9 Å². The van der Waals surface area contributed by atoms with Crippen molar-refractivity contribution >= 4 is 6.72 Å². The standard InChI is InChI=1S/C13H15F4N3/c1-9(14)12(7-11(8-18)19-2)20-5-3-10(4-6-20)13(15,16)17/h7,10H,2-6H2,1H3/b11-7-,12-9-. The van der Waals surface area contributed by atoms with Gasteiger partial charge in [-0.25, -0.2) is 4.39 Å². The van der Waals surface area contributed by atoms with Crippen LogP contribution in [0.15, 0.2) is 28.3 Å². The minimum Gasteiger partial charge on any atom is -0.369 e. The van der Waals surface area contributed by atoms with E-state index in [-0.39, 0.29) is 37.3 Å². The smallest absolute Gasteiger partial charge is 0.369 e. The molecular formula is C13H15F4N3. The fraction of sp³-hybridized carbons (Fsp3) is 0.538. The zero-order valence-corrected chi connectivity index (χ0v) is 11.0. The van der Waals surface area contributed by atoms with Gasteiger partial charge in [0.05, 0.1) is 11.6 Å². The Hall–Kier alpha value is -1.84. The van der Waals surface area contributed by atoms with Crippen molar-refractivity contribution < 1.29 is 17.6 Å². The number of alkyl halides is 3. The van der Waals surface area contributed by atoms with Crippen molar-refractivity contribution in [3.8, 4) is 6.07 Å². The van der Waals surface area contributed by atoms with Gasteiger partial charge in [0.25, 0.3) is 0 Å². The van der Waals surface area contributed by atoms with E-state index < -0.39 is 17.9 Å². The Morgan fingerprint density at radius 2 is 1.95 bits per heavy atom. The molecule has 0 atom stereocenters. The van der Waals surface area contributed by atoms with Crippen LogP contribution < -0.4 is 0 Å². The van der Waals surface area contributed by atoms with Gasteiger partial charge >= 0.3 is 6.18 Å². The Balaban J connectivity index is 2.85. The number of hydrogen-bond donors (Lipinski definition) is 0. The summed E-state index contributed by atoms with van der Waals surface area (Å²) >= 11 is 0. The van der Waals surface area contributed by atoms with Gasteiger partial charge in [-0.2, -0.15) is 18.4 Å². The quantitative estimate of drug-likeness (QED) is 0.345. The van der Waals surface area contributed by atoms with Crippen LogP contribution in [0.3, 0.4) is 0 Å². The van der Waals surface area contributed by atoms with E-state index in [9.17, 15) is 17.6 Å². The van der Waals surface area contributed by atoms with Gasteiger partial charge in [0, 0.05) is 19.2 Å². The normalized spacial score (nSPS) is 19.4. The first-order valence-corrected chi connectivity index (χ1v) is 6.06. The minimum absolute atomic E-state index is 0.0741. The van der Waals surface area contributed by atoms with E-state index in [1.807, 2.05) is 0 Å². The Labute approximate surface area is 114 Å². The third kappa shape index (κ3) is 4.08. The van der Waals surface area contributed by atoms with Gasteiger partial charge in [-0.05, 0) is 26.5 Å². The van der Waals surface area contributed by atoms with Crippen molar-refractivity contribution in [3.63, 3.8) is 0 Å². The van der Waals surface area contributed by atoms with Crippen LogP contribution in [0.2, 0.25) is 0 Å². The molecule has 7 heteroatoms. The van der Waals surface area contributed by atoms with Crippen LogP contribution in [0.4, 0.5) is 17.6 Å². The minimum atomic E-state index is -4.21. The first kappa shape index (κ1) is 16.2. The van der Waals surface area contributed by atoms with Crippen LogP contribution in [0.1, 0.15) is 19.8 Å². The fourth-order valence-corrected chi connectivity index (χ4v) is 2.10. The number of aliphatic imine (C=N–C) groups is 1. The van der Waals surface area contributed by atoms with Crippen LogP contribution in [-0.4, -0.2) is 30.9 Å². The van der Waals surface area contributed by atoms with E-state index >= 15 is 0 Å². The van der Waals surface area contributed by atoms with Gasteiger partial charge in [-0.1, -0.05) is 0 Å². The van der Waals surface area contributed by atoms with Gasteiger partial charge < -0.3 is 4.90 Å². The molecular weight excluding hydrogens is 274 g/mol. The van der Waals surface area contributed by atoms with Crippen LogP contribution in [-0.2, 0) is 0 Å². The van der Waals surface area contributed by atoms with Crippen LogP contribution in [0.25, 0.3) is 0 Å². The van der Waals surface area contributed by atoms with Gasteiger partial charge in [0.15, 0.2) is 0 Å². The molecule has 3 nitrogen and oxygen atoms in total. The summed E-state index contributed by atoms with van der Waals surface area (Å²) in [5, 5.41) is 8.74. The van der Waals surface area contributed by atoms with Crippen molar-refractivity contribution in [1.29, 1.82) is 5.26 Å². The molecule has 1 fully saturated rings. The van der Waals surface area contributed by atoms with E-state index in [0.717, 1.165) is 0 Å². The number of hydrogen-bond acceptors (Lipinski definition) is 3. The molecule has 0 aromatic heterocycles. The van der Waals surface area contributed by atoms with Gasteiger partial charge in [-0.3, -0.25) is 4.99 Å². The maximum atomic E-state index is 13.5. The summed E-state index contributed by atoms with van der Waals surface area (Å²) in [7, 11) is 0. The number of nitriles is 1. The molecule has 20 heavy (non-hydrogen) atoms. The maximum absolute atomic E-state index is 13.5. The molecule has 0 bridgehead atoms. The van der Waals surface area contributed by atoms with Crippen LogP contribution in [0, 0.1) is 17.2 Å². The lowest BCUT2D eigenvalue weighted by Crippen LogP contribution is -2.38. The second-order valence-corrected chi connectivity index (χ2v) is 4.52. The number of nitrogens with zero attached hydrogens (tertiary/aromatic N) is 3. The molecule has 0 N–H and O–H groups in total. The summed E-state index contributed by atoms with van der Waals surface area (Å²) < 4.78 is 51.2. The third-order valence-electron chi connectivity index (χ3n) is 3.21. The summed E-state index contributed by atoms with van der Waals surface area (Å²) in [4.78, 5) is 4.92. The number of allylic oxidation sites excluding steroid dienone is 3. The number of rotatable bonds is 3. The first-order chi connectivity index (χ1) is 9.29. The topological polar surface area (TPSA) is 39.4 Å². The van der Waals surface area contributed by atoms with E-state index in [0.29, 0.717) is 0 Å². The maximum Gasteiger partial charge on any atom is 0.391 e. The third-order valence-corrected chi connectivity index (χ3v) is 3.21. The molecule has 1 rings (SSSR count). The van der Waals surface area contributed by atoms with Crippen LogP contribution >= 0.6 is 0 Å². The first-order valence-electron chi connectivity index (χ1n) is 6.06. The average molecular weight is 289 g/mol. The molecule has 0 radical (unpaired) electrons. The summed E-state index contributed by atoms with van der Waals surface area (Å²) in [5.41, 5.74) is 0.0181. The highest BCUT2D eigenvalue weighted by molar-refractivity contribution is 5.38. The molecule has 0 aromatic rings. The number of likely N-dealkylation sites (tertiary alicyclic amines) is 1. The SMILES string of the molecule is C=N/C(C#N)=C\C(=C(/C)F)N1CCC(C(F)(F)F)CC1. The predicted octanol–water partition coefficient (Wildman–Crippen LogP) is 3.57. The van der Waals surface area contributed by atoms with Crippen LogP contribution in [0.5, 0.6) is 0 Å². The lowest BCUT2D eigenvalue weighted by atomic mass is 9.96. The predicted molar refractivity (Wildman–Crippen MR) is 67.4 cm³/mol. The highest BCUT2D eigenvalue weighted by atomic mass is 19.4. The Kier molecular flexibility index (Phi) is 5.31. The van der Waals surface area contributed by atoms with E-state index in [1.54, 1.807) is 6.07 Å². The molecule has 1 aliphatic heterocycles.